The highest BCUT2D eigenvalue weighted by atomic mass is 19.1. The van der Waals surface area contributed by atoms with Crippen molar-refractivity contribution in [3.05, 3.63) is 101 Å². The molecule has 0 spiro atoms. The summed E-state index contributed by atoms with van der Waals surface area (Å²) in [6.07, 6.45) is 4.20. The molecule has 0 saturated heterocycles. The Morgan fingerprint density at radius 2 is 1.68 bits per heavy atom. The van der Waals surface area contributed by atoms with E-state index in [0.717, 1.165) is 16.5 Å². The quantitative estimate of drug-likeness (QED) is 0.406. The Kier molecular flexibility index (Phi) is 4.84. The van der Waals surface area contributed by atoms with Gasteiger partial charge in [-0.1, -0.05) is 48.5 Å². The molecular weight excluding hydrogens is 396 g/mol. The summed E-state index contributed by atoms with van der Waals surface area (Å²) in [6, 6.07) is 19.1. The highest BCUT2D eigenvalue weighted by Crippen LogP contribution is 2.27. The van der Waals surface area contributed by atoms with Crippen molar-refractivity contribution in [1.82, 2.24) is 25.4 Å². The number of fused-ring (bicyclic) bond motifs is 1. The van der Waals surface area contributed by atoms with Crippen LogP contribution in [0.4, 0.5) is 8.78 Å². The lowest BCUT2D eigenvalue weighted by Crippen LogP contribution is -1.91. The largest absolute Gasteiger partial charge is 0.325 e. The first-order valence-electron chi connectivity index (χ1n) is 9.73. The van der Waals surface area contributed by atoms with Gasteiger partial charge in [-0.2, -0.15) is 5.10 Å². The van der Waals surface area contributed by atoms with Crippen LogP contribution in [0.5, 0.6) is 0 Å². The van der Waals surface area contributed by atoms with Crippen LogP contribution < -0.4 is 0 Å². The predicted molar refractivity (Wildman–Crippen MR) is 116 cm³/mol. The normalized spacial score (nSPS) is 11.5. The van der Waals surface area contributed by atoms with E-state index in [1.807, 2.05) is 36.4 Å². The van der Waals surface area contributed by atoms with Crippen LogP contribution in [0, 0.1) is 11.6 Å². The van der Waals surface area contributed by atoms with E-state index < -0.39 is 5.82 Å². The SMILES string of the molecule is Fc1ccc(C=Cc2n[nH]c3cc(F)c(-c4nnc(Cc5ccccc5)[nH]4)cc23)cc1. The van der Waals surface area contributed by atoms with Crippen molar-refractivity contribution in [1.29, 1.82) is 0 Å². The summed E-state index contributed by atoms with van der Waals surface area (Å²) in [5.41, 5.74) is 3.45. The predicted octanol–water partition coefficient (Wildman–Crippen LogP) is 5.39. The molecule has 31 heavy (non-hydrogen) atoms. The molecular formula is C24H17F2N5. The molecule has 0 aliphatic carbocycles. The zero-order valence-corrected chi connectivity index (χ0v) is 16.3. The van der Waals surface area contributed by atoms with Gasteiger partial charge in [0.15, 0.2) is 5.82 Å². The van der Waals surface area contributed by atoms with Crippen molar-refractivity contribution < 1.29 is 8.78 Å². The van der Waals surface area contributed by atoms with E-state index in [9.17, 15) is 8.78 Å². The van der Waals surface area contributed by atoms with Crippen molar-refractivity contribution >= 4 is 23.1 Å². The van der Waals surface area contributed by atoms with Gasteiger partial charge in [-0.15, -0.1) is 10.2 Å². The lowest BCUT2D eigenvalue weighted by molar-refractivity contribution is 0.627. The second-order valence-corrected chi connectivity index (χ2v) is 7.15. The lowest BCUT2D eigenvalue weighted by Gasteiger charge is -2.01. The molecule has 2 N–H and O–H groups in total. The molecule has 0 radical (unpaired) electrons. The number of benzene rings is 3. The van der Waals surface area contributed by atoms with Crippen LogP contribution in [0.1, 0.15) is 22.6 Å². The molecule has 0 amide bonds. The summed E-state index contributed by atoms with van der Waals surface area (Å²) in [6.45, 7) is 0. The molecule has 152 valence electrons. The number of nitrogens with one attached hydrogen (secondary N) is 2. The third kappa shape index (κ3) is 3.98. The van der Waals surface area contributed by atoms with E-state index in [2.05, 4.69) is 25.4 Å². The molecule has 2 aromatic heterocycles. The first-order valence-corrected chi connectivity index (χ1v) is 9.73. The Morgan fingerprint density at radius 3 is 2.48 bits per heavy atom. The van der Waals surface area contributed by atoms with Crippen LogP contribution in [-0.4, -0.2) is 25.4 Å². The molecule has 7 heteroatoms. The first kappa shape index (κ1) is 18.9. The molecule has 0 saturated carbocycles. The van der Waals surface area contributed by atoms with E-state index in [1.54, 1.807) is 24.3 Å². The smallest absolute Gasteiger partial charge is 0.164 e. The number of nitrogens with zero attached hydrogens (tertiary/aromatic N) is 3. The first-order chi connectivity index (χ1) is 15.2. The Labute approximate surface area is 176 Å². The van der Waals surface area contributed by atoms with Crippen molar-refractivity contribution in [2.24, 2.45) is 0 Å². The highest BCUT2D eigenvalue weighted by Gasteiger charge is 2.15. The maximum Gasteiger partial charge on any atom is 0.164 e. The molecule has 3 aromatic carbocycles. The zero-order valence-electron chi connectivity index (χ0n) is 16.3. The van der Waals surface area contributed by atoms with Crippen molar-refractivity contribution in [2.75, 3.05) is 0 Å². The molecule has 0 bridgehead atoms. The lowest BCUT2D eigenvalue weighted by atomic mass is 10.1. The van der Waals surface area contributed by atoms with Gasteiger partial charge < -0.3 is 4.98 Å². The molecule has 0 atom stereocenters. The third-order valence-electron chi connectivity index (χ3n) is 4.99. The summed E-state index contributed by atoms with van der Waals surface area (Å²) in [7, 11) is 0. The summed E-state index contributed by atoms with van der Waals surface area (Å²) < 4.78 is 27.8. The fourth-order valence-corrected chi connectivity index (χ4v) is 3.40. The summed E-state index contributed by atoms with van der Waals surface area (Å²) in [5.74, 6) is 0.304. The monoisotopic (exact) mass is 413 g/mol. The summed E-state index contributed by atoms with van der Waals surface area (Å²) in [5, 5.41) is 16.2. The van der Waals surface area contributed by atoms with E-state index >= 15 is 0 Å². The number of H-pyrrole nitrogens is 2. The Hall–Kier alpha value is -4.13. The van der Waals surface area contributed by atoms with Crippen LogP contribution in [0.25, 0.3) is 34.4 Å². The van der Waals surface area contributed by atoms with E-state index in [0.29, 0.717) is 34.8 Å². The standard InChI is InChI=1S/C24H17F2N5/c25-17-9-6-15(7-10-17)8-11-21-19-13-18(20(26)14-22(19)29-28-21)24-27-23(30-31-24)12-16-4-2-1-3-5-16/h1-11,13-14H,12H2,(H,28,29)(H,27,30,31). The number of hydrogen-bond acceptors (Lipinski definition) is 3. The maximum absolute atomic E-state index is 14.8. The average Bonchev–Trinajstić information content (AvgIpc) is 3.40. The fraction of sp³-hybridized carbons (Fsp3) is 0.0417. The highest BCUT2D eigenvalue weighted by molar-refractivity contribution is 5.92. The molecule has 0 unspecified atom stereocenters. The van der Waals surface area contributed by atoms with Gasteiger partial charge in [0.2, 0.25) is 0 Å². The van der Waals surface area contributed by atoms with Gasteiger partial charge in [0.05, 0.1) is 16.8 Å². The van der Waals surface area contributed by atoms with Crippen molar-refractivity contribution in [3.8, 4) is 11.4 Å². The van der Waals surface area contributed by atoms with Crippen LogP contribution in [0.15, 0.2) is 66.7 Å². The molecule has 5 nitrogen and oxygen atoms in total. The summed E-state index contributed by atoms with van der Waals surface area (Å²) >= 11 is 0. The number of halogens is 2. The minimum atomic E-state index is -0.423. The fourth-order valence-electron chi connectivity index (χ4n) is 3.40. The Morgan fingerprint density at radius 1 is 0.871 bits per heavy atom. The van der Waals surface area contributed by atoms with Crippen LogP contribution >= 0.6 is 0 Å². The van der Waals surface area contributed by atoms with Gasteiger partial charge in [-0.3, -0.25) is 5.10 Å². The average molecular weight is 413 g/mol. The van der Waals surface area contributed by atoms with E-state index in [4.69, 9.17) is 0 Å². The van der Waals surface area contributed by atoms with Gasteiger partial charge in [-0.25, -0.2) is 8.78 Å². The van der Waals surface area contributed by atoms with E-state index in [1.165, 1.54) is 18.2 Å². The van der Waals surface area contributed by atoms with Gasteiger partial charge in [0, 0.05) is 17.9 Å². The zero-order chi connectivity index (χ0) is 21.2. The number of hydrogen-bond donors (Lipinski definition) is 2. The molecule has 0 fully saturated rings. The number of rotatable bonds is 5. The van der Waals surface area contributed by atoms with Gasteiger partial charge in [0.25, 0.3) is 0 Å². The molecule has 0 aliphatic rings. The van der Waals surface area contributed by atoms with Crippen LogP contribution in [-0.2, 0) is 6.42 Å². The number of aromatic amines is 2. The summed E-state index contributed by atoms with van der Waals surface area (Å²) in [4.78, 5) is 3.11. The second-order valence-electron chi connectivity index (χ2n) is 7.15. The topological polar surface area (TPSA) is 70.2 Å². The molecule has 0 aliphatic heterocycles. The molecule has 5 rings (SSSR count). The maximum atomic E-state index is 14.8. The van der Waals surface area contributed by atoms with Crippen molar-refractivity contribution in [2.45, 2.75) is 6.42 Å². The minimum absolute atomic E-state index is 0.291. The third-order valence-corrected chi connectivity index (χ3v) is 4.99. The minimum Gasteiger partial charge on any atom is -0.325 e. The Bertz CT molecular complexity index is 1370. The number of aromatic nitrogens is 5. The molecule has 5 aromatic rings. The second kappa shape index (κ2) is 7.95. The van der Waals surface area contributed by atoms with Gasteiger partial charge in [0.1, 0.15) is 17.5 Å². The molecule has 2 heterocycles. The van der Waals surface area contributed by atoms with E-state index in [-0.39, 0.29) is 5.82 Å². The van der Waals surface area contributed by atoms with Crippen molar-refractivity contribution in [3.63, 3.8) is 0 Å². The van der Waals surface area contributed by atoms with Crippen LogP contribution in [0.2, 0.25) is 0 Å². The van der Waals surface area contributed by atoms with Gasteiger partial charge >= 0.3 is 0 Å². The van der Waals surface area contributed by atoms with Crippen LogP contribution in [0.3, 0.4) is 0 Å². The Balaban J connectivity index is 1.46. The van der Waals surface area contributed by atoms with Gasteiger partial charge in [-0.05, 0) is 35.4 Å².